The van der Waals surface area contributed by atoms with Crippen LogP contribution in [0, 0.1) is 0 Å². The summed E-state index contributed by atoms with van der Waals surface area (Å²) in [6, 6.07) is 80.2. The van der Waals surface area contributed by atoms with E-state index >= 15 is 0 Å². The van der Waals surface area contributed by atoms with E-state index in [1.165, 1.54) is 86.8 Å². The summed E-state index contributed by atoms with van der Waals surface area (Å²) in [5, 5.41) is 14.9. The van der Waals surface area contributed by atoms with E-state index in [0.717, 1.165) is 22.7 Å². The third-order valence-electron chi connectivity index (χ3n) is 12.1. The third kappa shape index (κ3) is 5.05. The SMILES string of the molecule is c1ccc(-n2c3cc4ccccc4cc3c3c(-c4cccc(N(c5ccc6c(ccc7ccccc76)c5)c5cc6ccccc6c6ccccc56)c4)cccc32)cc1. The highest BCUT2D eigenvalue weighted by Crippen LogP contribution is 2.46. The maximum absolute atomic E-state index is 2.47. The van der Waals surface area contributed by atoms with Crippen molar-refractivity contribution in [1.82, 2.24) is 4.57 Å². The lowest BCUT2D eigenvalue weighted by atomic mass is 9.96. The van der Waals surface area contributed by atoms with Crippen LogP contribution in [0.15, 0.2) is 218 Å². The average Bonchev–Trinajstić information content (AvgIpc) is 3.62. The molecule has 0 fully saturated rings. The minimum Gasteiger partial charge on any atom is -0.310 e. The van der Waals surface area contributed by atoms with Crippen LogP contribution < -0.4 is 4.90 Å². The molecule has 58 heavy (non-hydrogen) atoms. The van der Waals surface area contributed by atoms with E-state index in [0.29, 0.717) is 0 Å². The molecule has 0 radical (unpaired) electrons. The van der Waals surface area contributed by atoms with E-state index in [1.54, 1.807) is 0 Å². The van der Waals surface area contributed by atoms with Gasteiger partial charge in [0.25, 0.3) is 0 Å². The zero-order chi connectivity index (χ0) is 38.2. The van der Waals surface area contributed by atoms with Gasteiger partial charge >= 0.3 is 0 Å². The van der Waals surface area contributed by atoms with Crippen molar-refractivity contribution in [2.75, 3.05) is 4.90 Å². The molecule has 2 heteroatoms. The first-order chi connectivity index (χ1) is 28.8. The molecule has 0 N–H and O–H groups in total. The summed E-state index contributed by atoms with van der Waals surface area (Å²) in [4.78, 5) is 2.47. The van der Waals surface area contributed by atoms with Crippen LogP contribution in [0.25, 0.3) is 92.5 Å². The monoisotopic (exact) mass is 736 g/mol. The highest BCUT2D eigenvalue weighted by Gasteiger charge is 2.21. The number of aromatic nitrogens is 1. The van der Waals surface area contributed by atoms with E-state index in [4.69, 9.17) is 0 Å². The Kier molecular flexibility index (Phi) is 7.26. The van der Waals surface area contributed by atoms with Crippen molar-refractivity contribution in [2.24, 2.45) is 0 Å². The second-order valence-electron chi connectivity index (χ2n) is 15.3. The van der Waals surface area contributed by atoms with Crippen molar-refractivity contribution in [3.63, 3.8) is 0 Å². The minimum absolute atomic E-state index is 1.10. The second-order valence-corrected chi connectivity index (χ2v) is 15.3. The first-order valence-corrected chi connectivity index (χ1v) is 20.0. The number of rotatable bonds is 5. The van der Waals surface area contributed by atoms with Gasteiger partial charge in [0.1, 0.15) is 0 Å². The van der Waals surface area contributed by atoms with Crippen molar-refractivity contribution in [2.45, 2.75) is 0 Å². The molecule has 0 aliphatic carbocycles. The fourth-order valence-corrected chi connectivity index (χ4v) is 9.45. The summed E-state index contributed by atoms with van der Waals surface area (Å²) >= 11 is 0. The van der Waals surface area contributed by atoms with Crippen molar-refractivity contribution in [1.29, 1.82) is 0 Å². The highest BCUT2D eigenvalue weighted by molar-refractivity contribution is 6.19. The van der Waals surface area contributed by atoms with Gasteiger partial charge in [-0.1, -0.05) is 158 Å². The second kappa shape index (κ2) is 12.9. The van der Waals surface area contributed by atoms with Crippen LogP contribution >= 0.6 is 0 Å². The number of hydrogen-bond acceptors (Lipinski definition) is 1. The molecular weight excluding hydrogens is 701 g/mol. The Morgan fingerprint density at radius 2 is 0.914 bits per heavy atom. The van der Waals surface area contributed by atoms with Crippen molar-refractivity contribution in [3.05, 3.63) is 218 Å². The Hall–Kier alpha value is -7.68. The van der Waals surface area contributed by atoms with E-state index in [1.807, 2.05) is 0 Å². The number of nitrogens with zero attached hydrogens (tertiary/aromatic N) is 2. The summed E-state index contributed by atoms with van der Waals surface area (Å²) in [6.07, 6.45) is 0. The first kappa shape index (κ1) is 32.6. The molecular formula is C56H36N2. The number of benzene rings is 11. The van der Waals surface area contributed by atoms with Crippen LogP contribution in [0.5, 0.6) is 0 Å². The van der Waals surface area contributed by atoms with E-state index in [9.17, 15) is 0 Å². The summed E-state index contributed by atoms with van der Waals surface area (Å²) in [7, 11) is 0. The van der Waals surface area contributed by atoms with E-state index < -0.39 is 0 Å². The maximum Gasteiger partial charge on any atom is 0.0547 e. The van der Waals surface area contributed by atoms with Gasteiger partial charge in [0.05, 0.1) is 16.7 Å². The normalized spacial score (nSPS) is 11.8. The smallest absolute Gasteiger partial charge is 0.0547 e. The molecule has 12 aromatic rings. The Morgan fingerprint density at radius 3 is 1.74 bits per heavy atom. The first-order valence-electron chi connectivity index (χ1n) is 20.0. The fraction of sp³-hybridized carbons (Fsp3) is 0. The predicted molar refractivity (Wildman–Crippen MR) is 248 cm³/mol. The molecule has 0 unspecified atom stereocenters. The van der Waals surface area contributed by atoms with Crippen LogP contribution in [-0.2, 0) is 0 Å². The average molecular weight is 737 g/mol. The predicted octanol–water partition coefficient (Wildman–Crippen LogP) is 15.7. The molecule has 0 saturated heterocycles. The van der Waals surface area contributed by atoms with Crippen molar-refractivity contribution in [3.8, 4) is 16.8 Å². The lowest BCUT2D eigenvalue weighted by Crippen LogP contribution is -2.11. The number of hydrogen-bond donors (Lipinski definition) is 0. The van der Waals surface area contributed by atoms with Gasteiger partial charge in [0, 0.05) is 33.2 Å². The molecule has 0 aliphatic heterocycles. The van der Waals surface area contributed by atoms with Crippen molar-refractivity contribution < 1.29 is 0 Å². The molecule has 0 amide bonds. The summed E-state index contributed by atoms with van der Waals surface area (Å²) in [5.41, 5.74) is 9.31. The highest BCUT2D eigenvalue weighted by atomic mass is 15.1. The lowest BCUT2D eigenvalue weighted by Gasteiger charge is -2.28. The standard InChI is InChI=1S/C56H36N2/c1-2-19-43(20-3-1)58-53-27-13-26-49(56(53)52-34-38-15-4-5-16-39(38)35-55(52)58)40-18-12-21-44(32-40)57(45-30-31-48-42(33-45)29-28-37-14-6-8-22-46(37)48)54-36-41-17-7-9-23-47(41)50-24-10-11-25-51(50)54/h1-36H. The number of fused-ring (bicyclic) bond motifs is 10. The van der Waals surface area contributed by atoms with Gasteiger partial charge in [0.2, 0.25) is 0 Å². The Balaban J connectivity index is 1.13. The lowest BCUT2D eigenvalue weighted by molar-refractivity contribution is 1.18. The molecule has 0 bridgehead atoms. The molecule has 12 rings (SSSR count). The molecule has 0 spiro atoms. The Labute approximate surface area is 336 Å². The van der Waals surface area contributed by atoms with Gasteiger partial charge in [-0.05, 0) is 120 Å². The molecule has 0 atom stereocenters. The van der Waals surface area contributed by atoms with Gasteiger partial charge in [-0.15, -0.1) is 0 Å². The summed E-state index contributed by atoms with van der Waals surface area (Å²) in [5.74, 6) is 0. The van der Waals surface area contributed by atoms with Crippen LogP contribution in [0.1, 0.15) is 0 Å². The molecule has 0 saturated carbocycles. The molecule has 270 valence electrons. The van der Waals surface area contributed by atoms with Gasteiger partial charge in [-0.2, -0.15) is 0 Å². The van der Waals surface area contributed by atoms with Crippen LogP contribution in [-0.4, -0.2) is 4.57 Å². The van der Waals surface area contributed by atoms with Crippen LogP contribution in [0.4, 0.5) is 17.1 Å². The quantitative estimate of drug-likeness (QED) is 0.160. The topological polar surface area (TPSA) is 8.17 Å². The largest absolute Gasteiger partial charge is 0.310 e. The van der Waals surface area contributed by atoms with Gasteiger partial charge < -0.3 is 9.47 Å². The molecule has 0 aliphatic rings. The van der Waals surface area contributed by atoms with Crippen LogP contribution in [0.3, 0.4) is 0 Å². The summed E-state index contributed by atoms with van der Waals surface area (Å²) < 4.78 is 2.43. The van der Waals surface area contributed by atoms with Gasteiger partial charge in [0.15, 0.2) is 0 Å². The van der Waals surface area contributed by atoms with Crippen LogP contribution in [0.2, 0.25) is 0 Å². The van der Waals surface area contributed by atoms with Gasteiger partial charge in [-0.3, -0.25) is 0 Å². The zero-order valence-electron chi connectivity index (χ0n) is 31.7. The molecule has 2 nitrogen and oxygen atoms in total. The maximum atomic E-state index is 2.47. The third-order valence-corrected chi connectivity index (χ3v) is 12.1. The molecule has 1 heterocycles. The molecule has 1 aromatic heterocycles. The van der Waals surface area contributed by atoms with Crippen molar-refractivity contribution >= 4 is 92.7 Å². The number of para-hydroxylation sites is 1. The zero-order valence-corrected chi connectivity index (χ0v) is 31.7. The molecule has 11 aromatic carbocycles. The Morgan fingerprint density at radius 1 is 0.310 bits per heavy atom. The van der Waals surface area contributed by atoms with E-state index in [2.05, 4.69) is 228 Å². The number of anilines is 3. The van der Waals surface area contributed by atoms with Gasteiger partial charge in [-0.25, -0.2) is 0 Å². The summed E-state index contributed by atoms with van der Waals surface area (Å²) in [6.45, 7) is 0. The Bertz CT molecular complexity index is 3580. The fourth-order valence-electron chi connectivity index (χ4n) is 9.45. The van der Waals surface area contributed by atoms with E-state index in [-0.39, 0.29) is 0 Å². The minimum atomic E-state index is 1.10.